The molecule has 5 aliphatic rings. The number of benzene rings is 2. The summed E-state index contributed by atoms with van der Waals surface area (Å²) in [6.07, 6.45) is 1.04. The summed E-state index contributed by atoms with van der Waals surface area (Å²) in [6.45, 7) is 2.62. The van der Waals surface area contributed by atoms with Crippen molar-refractivity contribution in [1.29, 1.82) is 0 Å². The summed E-state index contributed by atoms with van der Waals surface area (Å²) in [5, 5.41) is 18.4. The quantitative estimate of drug-likeness (QED) is 0.358. The highest BCUT2D eigenvalue weighted by atomic mass is 16.7. The third kappa shape index (κ3) is 7.67. The van der Waals surface area contributed by atoms with Gasteiger partial charge in [0.1, 0.15) is 18.0 Å². The van der Waals surface area contributed by atoms with Gasteiger partial charge in [-0.1, -0.05) is 42.0 Å². The highest BCUT2D eigenvalue weighted by Gasteiger charge is 2.53. The molecular formula is C34H44O11. The first-order chi connectivity index (χ1) is 21.7. The third-order valence-electron chi connectivity index (χ3n) is 9.45. The number of carbonyl (C=O) groups excluding carboxylic acids is 2. The van der Waals surface area contributed by atoms with Gasteiger partial charge in [-0.25, -0.2) is 0 Å². The Morgan fingerprint density at radius 1 is 0.822 bits per heavy atom. The molecule has 0 aromatic heterocycles. The summed E-state index contributed by atoms with van der Waals surface area (Å²) in [6, 6.07) is 15.8. The average Bonchev–Trinajstić information content (AvgIpc) is 3.76. The number of aryl methyl sites for hydroxylation is 1. The number of fused-ring (bicyclic) bond motifs is 4. The molecule has 7 rings (SSSR count). The van der Waals surface area contributed by atoms with Gasteiger partial charge in [0, 0.05) is 68.5 Å². The molecule has 0 amide bonds. The molecule has 0 radical (unpaired) electrons. The molecular weight excluding hydrogens is 584 g/mol. The van der Waals surface area contributed by atoms with Crippen molar-refractivity contribution >= 4 is 11.9 Å². The lowest BCUT2D eigenvalue weighted by atomic mass is 9.92. The van der Waals surface area contributed by atoms with Crippen molar-refractivity contribution in [2.75, 3.05) is 34.5 Å². The van der Waals surface area contributed by atoms with Gasteiger partial charge in [-0.05, 0) is 19.1 Å². The highest BCUT2D eigenvalue weighted by molar-refractivity contribution is 5.72. The monoisotopic (exact) mass is 628 g/mol. The summed E-state index contributed by atoms with van der Waals surface area (Å²) in [7, 11) is 4.91. The van der Waals surface area contributed by atoms with Crippen LogP contribution < -0.4 is 4.74 Å². The molecule has 9 atom stereocenters. The number of aliphatic hydroxyl groups excluding tert-OH is 2. The zero-order chi connectivity index (χ0) is 32.1. The minimum atomic E-state index is -0.502. The third-order valence-corrected chi connectivity index (χ3v) is 9.45. The molecule has 3 aliphatic heterocycles. The predicted molar refractivity (Wildman–Crippen MR) is 160 cm³/mol. The molecule has 246 valence electrons. The Labute approximate surface area is 263 Å². The maximum Gasteiger partial charge on any atom is 0.306 e. The van der Waals surface area contributed by atoms with E-state index in [4.69, 9.17) is 38.3 Å². The van der Waals surface area contributed by atoms with Crippen LogP contribution in [0.2, 0.25) is 0 Å². The van der Waals surface area contributed by atoms with Crippen molar-refractivity contribution in [3.63, 3.8) is 0 Å². The Hall–Kier alpha value is -3.06. The standard InChI is InChI=1S/C16H18O5.C10H14O2.C8H12O4/c1-18-10-4-2-9(3-5-10)16-19-8-12-11-6-15(17)20-13(11)7-14(12)21-16;1-8-4-6-9(7-5-8)10(11-2)12-3;9-3-5-4-1-8(11)12-7(4)2-6(5)10/h2-5,11-14,16H,6-8H2,1H3;4-7,10H,1-3H3;4-7,9-10H,1-3H2/t11-,12?,13?,14-,16?;;4-,5-,6-,7?/m1.1/s1. The van der Waals surface area contributed by atoms with Crippen LogP contribution in [-0.4, -0.2) is 81.1 Å². The largest absolute Gasteiger partial charge is 0.497 e. The number of aliphatic hydroxyl groups is 2. The molecule has 2 aromatic carbocycles. The lowest BCUT2D eigenvalue weighted by Crippen LogP contribution is -2.35. The van der Waals surface area contributed by atoms with Crippen LogP contribution in [0.3, 0.4) is 0 Å². The van der Waals surface area contributed by atoms with E-state index in [0.29, 0.717) is 25.9 Å². The lowest BCUT2D eigenvalue weighted by molar-refractivity contribution is -0.238. The summed E-state index contributed by atoms with van der Waals surface area (Å²) < 4.78 is 37.6. The van der Waals surface area contributed by atoms with Crippen LogP contribution in [0.5, 0.6) is 5.75 Å². The molecule has 2 aromatic rings. The van der Waals surface area contributed by atoms with E-state index in [0.717, 1.165) is 23.3 Å². The topological polar surface area (TPSA) is 139 Å². The first-order valence-electron chi connectivity index (χ1n) is 15.5. The van der Waals surface area contributed by atoms with Gasteiger partial charge in [-0.15, -0.1) is 0 Å². The van der Waals surface area contributed by atoms with Crippen LogP contribution in [0.1, 0.15) is 55.0 Å². The van der Waals surface area contributed by atoms with Gasteiger partial charge >= 0.3 is 11.9 Å². The second kappa shape index (κ2) is 15.0. The van der Waals surface area contributed by atoms with Gasteiger partial charge in [0.25, 0.3) is 0 Å². The number of esters is 2. The van der Waals surface area contributed by atoms with Gasteiger partial charge in [0.2, 0.25) is 0 Å². The van der Waals surface area contributed by atoms with Gasteiger partial charge in [-0.3, -0.25) is 9.59 Å². The average molecular weight is 629 g/mol. The fraction of sp³-hybridized carbons (Fsp3) is 0.588. The van der Waals surface area contributed by atoms with Crippen LogP contribution in [0.15, 0.2) is 48.5 Å². The Morgan fingerprint density at radius 2 is 1.44 bits per heavy atom. The SMILES string of the molecule is COC(OC)c1ccc(C)cc1.COc1ccc(C2OCC3[C@H]4CC(=O)OC4C[C@H]3O2)cc1.O=C1C[C@H]2C(C[C@@H](O)[C@@H]2CO)O1. The summed E-state index contributed by atoms with van der Waals surface area (Å²) in [5.41, 5.74) is 3.28. The highest BCUT2D eigenvalue weighted by Crippen LogP contribution is 2.47. The number of ether oxygens (including phenoxy) is 7. The van der Waals surface area contributed by atoms with Gasteiger partial charge in [0.05, 0.1) is 38.8 Å². The number of hydrogen-bond donors (Lipinski definition) is 2. The van der Waals surface area contributed by atoms with Crippen molar-refractivity contribution in [2.45, 2.75) is 69.6 Å². The summed E-state index contributed by atoms with van der Waals surface area (Å²) >= 11 is 0. The Bertz CT molecular complexity index is 1260. The minimum Gasteiger partial charge on any atom is -0.497 e. The van der Waals surface area contributed by atoms with E-state index in [-0.39, 0.29) is 73.1 Å². The van der Waals surface area contributed by atoms with Crippen molar-refractivity contribution in [2.24, 2.45) is 23.7 Å². The van der Waals surface area contributed by atoms with Crippen molar-refractivity contribution in [1.82, 2.24) is 0 Å². The van der Waals surface area contributed by atoms with E-state index in [1.54, 1.807) is 21.3 Å². The molecule has 11 heteroatoms. The first kappa shape index (κ1) is 33.3. The number of hydrogen-bond acceptors (Lipinski definition) is 11. The Morgan fingerprint density at radius 3 is 2.04 bits per heavy atom. The van der Waals surface area contributed by atoms with E-state index in [2.05, 4.69) is 6.92 Å². The van der Waals surface area contributed by atoms with Crippen LogP contribution in [0.25, 0.3) is 0 Å². The van der Waals surface area contributed by atoms with Crippen LogP contribution in [0.4, 0.5) is 0 Å². The molecule has 3 saturated heterocycles. The molecule has 45 heavy (non-hydrogen) atoms. The number of carbonyl (C=O) groups is 2. The fourth-order valence-corrected chi connectivity index (χ4v) is 7.00. The molecule has 2 saturated carbocycles. The second-order valence-electron chi connectivity index (χ2n) is 12.2. The van der Waals surface area contributed by atoms with Gasteiger partial charge in [-0.2, -0.15) is 0 Å². The molecule has 2 aliphatic carbocycles. The van der Waals surface area contributed by atoms with Crippen molar-refractivity contribution in [3.05, 3.63) is 65.2 Å². The number of methoxy groups -OCH3 is 3. The molecule has 11 nitrogen and oxygen atoms in total. The molecule has 2 N–H and O–H groups in total. The van der Waals surface area contributed by atoms with Crippen LogP contribution in [-0.2, 0) is 38.0 Å². The normalized spacial score (nSPS) is 32.7. The van der Waals surface area contributed by atoms with E-state index in [9.17, 15) is 14.7 Å². The van der Waals surface area contributed by atoms with Gasteiger partial charge in [0.15, 0.2) is 12.6 Å². The Kier molecular flexibility index (Phi) is 11.1. The summed E-state index contributed by atoms with van der Waals surface area (Å²) in [4.78, 5) is 22.2. The van der Waals surface area contributed by atoms with Crippen molar-refractivity contribution < 1.29 is 53.0 Å². The van der Waals surface area contributed by atoms with Crippen LogP contribution in [0, 0.1) is 30.6 Å². The maximum atomic E-state index is 11.4. The second-order valence-corrected chi connectivity index (χ2v) is 12.2. The first-order valence-corrected chi connectivity index (χ1v) is 15.5. The van der Waals surface area contributed by atoms with E-state index in [1.807, 2.05) is 48.5 Å². The van der Waals surface area contributed by atoms with E-state index >= 15 is 0 Å². The lowest BCUT2D eigenvalue weighted by Gasteiger charge is -2.34. The molecule has 4 unspecified atom stereocenters. The summed E-state index contributed by atoms with van der Waals surface area (Å²) in [5.74, 6) is 0.944. The van der Waals surface area contributed by atoms with Gasteiger partial charge < -0.3 is 43.4 Å². The van der Waals surface area contributed by atoms with E-state index in [1.165, 1.54) is 5.56 Å². The van der Waals surface area contributed by atoms with Crippen LogP contribution >= 0.6 is 0 Å². The zero-order valence-electron chi connectivity index (χ0n) is 26.2. The molecule has 0 bridgehead atoms. The van der Waals surface area contributed by atoms with Crippen molar-refractivity contribution in [3.8, 4) is 5.75 Å². The predicted octanol–water partition coefficient (Wildman–Crippen LogP) is 3.64. The zero-order valence-corrected chi connectivity index (χ0v) is 26.2. The molecule has 5 fully saturated rings. The molecule has 3 heterocycles. The maximum absolute atomic E-state index is 11.4. The molecule has 0 spiro atoms. The smallest absolute Gasteiger partial charge is 0.306 e. The fourth-order valence-electron chi connectivity index (χ4n) is 7.00. The Balaban J connectivity index is 0.000000144. The number of rotatable bonds is 6. The minimum absolute atomic E-state index is 0.0192. The van der Waals surface area contributed by atoms with E-state index < -0.39 is 6.10 Å².